The molecule has 0 aliphatic carbocycles. The van der Waals surface area contributed by atoms with Gasteiger partial charge in [-0.2, -0.15) is 9.68 Å². The number of aliphatic hydroxyl groups excluding tert-OH is 1. The first-order valence-corrected chi connectivity index (χ1v) is 5.83. The molecule has 0 spiro atoms. The first-order valence-electron chi connectivity index (χ1n) is 4.68. The summed E-state index contributed by atoms with van der Waals surface area (Å²) in [6.45, 7) is 2.26. The molecule has 0 heterocycles. The zero-order chi connectivity index (χ0) is 11.7. The van der Waals surface area contributed by atoms with Crippen LogP contribution in [0.2, 0.25) is 0 Å². The van der Waals surface area contributed by atoms with Crippen LogP contribution < -0.4 is 0 Å². The lowest BCUT2D eigenvalue weighted by molar-refractivity contribution is -1.20. The number of hydrogen-bond acceptors (Lipinski definition) is 6. The molecule has 15 heavy (non-hydrogen) atoms. The van der Waals surface area contributed by atoms with Crippen molar-refractivity contribution >= 4 is 12.0 Å². The van der Waals surface area contributed by atoms with E-state index in [1.54, 1.807) is 0 Å². The Morgan fingerprint density at radius 3 is 2.60 bits per heavy atom. The molecule has 0 aliphatic heterocycles. The monoisotopic (exact) mass is 241 g/mol. The quantitative estimate of drug-likeness (QED) is 0.279. The molecule has 1 N–H and O–H groups in total. The van der Waals surface area contributed by atoms with Gasteiger partial charge in [-0.05, 0) is 19.0 Å². The average Bonchev–Trinajstić information content (AvgIpc) is 2.15. The normalized spacial score (nSPS) is 17.4. The molecule has 6 nitrogen and oxygen atoms in total. The molecule has 0 bridgehead atoms. The summed E-state index contributed by atoms with van der Waals surface area (Å²) in [7, 11) is 1.22. The zero-order valence-electron chi connectivity index (χ0n) is 9.34. The highest BCUT2D eigenvalue weighted by Crippen LogP contribution is 2.05. The predicted molar refractivity (Wildman–Crippen MR) is 57.2 cm³/mol. The molecule has 0 aromatic rings. The lowest BCUT2D eigenvalue weighted by atomic mass is 10.5. The van der Waals surface area contributed by atoms with Gasteiger partial charge in [-0.1, -0.05) is 4.97 Å². The number of hydroxylamine groups is 3. The van der Waals surface area contributed by atoms with Crippen LogP contribution in [0.25, 0.3) is 0 Å². The number of hydrogen-bond donors (Lipinski definition) is 1. The van der Waals surface area contributed by atoms with E-state index in [9.17, 15) is 5.21 Å². The van der Waals surface area contributed by atoms with E-state index in [-0.39, 0.29) is 13.2 Å². The Bertz CT molecular complexity index is 156. The highest BCUT2D eigenvalue weighted by molar-refractivity contribution is 7.93. The number of quaternary nitrogens is 1. The summed E-state index contributed by atoms with van der Waals surface area (Å²) in [5.41, 5.74) is 0. The maximum absolute atomic E-state index is 11.4. The molecule has 0 saturated heterocycles. The van der Waals surface area contributed by atoms with Crippen molar-refractivity contribution in [3.63, 3.8) is 0 Å². The van der Waals surface area contributed by atoms with Gasteiger partial charge in [-0.15, -0.1) is 0 Å². The number of rotatable bonds is 9. The van der Waals surface area contributed by atoms with Crippen molar-refractivity contribution in [1.29, 1.82) is 0 Å². The molecule has 0 rings (SSSR count). The van der Waals surface area contributed by atoms with E-state index in [0.29, 0.717) is 13.0 Å². The van der Waals surface area contributed by atoms with Crippen molar-refractivity contribution in [2.45, 2.75) is 19.4 Å². The van der Waals surface area contributed by atoms with Gasteiger partial charge in [0.1, 0.15) is 20.3 Å². The van der Waals surface area contributed by atoms with E-state index in [1.165, 1.54) is 26.0 Å². The van der Waals surface area contributed by atoms with Crippen LogP contribution in [-0.2, 0) is 13.9 Å². The van der Waals surface area contributed by atoms with E-state index < -0.39 is 11.1 Å². The maximum atomic E-state index is 11.4. The molecule has 0 aromatic carbocycles. The summed E-state index contributed by atoms with van der Waals surface area (Å²) < 4.78 is 4.99. The lowest BCUT2D eigenvalue weighted by Gasteiger charge is -2.31. The van der Waals surface area contributed by atoms with E-state index in [2.05, 4.69) is 0 Å². The molecule has 0 aliphatic rings. The topological polar surface area (TPSA) is 71.0 Å². The Kier molecular flexibility index (Phi) is 8.34. The van der Waals surface area contributed by atoms with Gasteiger partial charge in [0.05, 0.1) is 12.7 Å². The number of nitrogens with zero attached hydrogens (tertiary/aromatic N) is 1. The van der Waals surface area contributed by atoms with Crippen LogP contribution in [0, 0.1) is 5.21 Å². The van der Waals surface area contributed by atoms with Gasteiger partial charge in [-0.3, -0.25) is 0 Å². The van der Waals surface area contributed by atoms with Gasteiger partial charge in [0.15, 0.2) is 0 Å². The van der Waals surface area contributed by atoms with Crippen molar-refractivity contribution < 1.29 is 23.9 Å². The highest BCUT2D eigenvalue weighted by atomic mass is 32.2. The maximum Gasteiger partial charge on any atom is 0.136 e. The van der Waals surface area contributed by atoms with E-state index >= 15 is 0 Å². The van der Waals surface area contributed by atoms with Crippen molar-refractivity contribution in [2.24, 2.45) is 0 Å². The summed E-state index contributed by atoms with van der Waals surface area (Å²) in [6, 6.07) is 0. The molecule has 0 saturated carbocycles. The Morgan fingerprint density at radius 2 is 2.07 bits per heavy atom. The minimum absolute atomic E-state index is 0.0543. The van der Waals surface area contributed by atoms with Crippen molar-refractivity contribution in [3.8, 4) is 0 Å². The van der Waals surface area contributed by atoms with E-state index in [1.807, 2.05) is 6.26 Å². The van der Waals surface area contributed by atoms with E-state index in [0.717, 1.165) is 0 Å². The molecule has 7 heteroatoms. The molecule has 0 radical (unpaired) electrons. The van der Waals surface area contributed by atoms with Gasteiger partial charge < -0.3 is 14.5 Å². The minimum atomic E-state index is -1.26. The predicted octanol–water partition coefficient (Wildman–Crippen LogP) is 0.859. The molecule has 0 amide bonds. The molecule has 92 valence electrons. The van der Waals surface area contributed by atoms with Crippen molar-refractivity contribution in [3.05, 3.63) is 5.21 Å². The fraction of sp³-hybridized carbons (Fsp3) is 1.00. The molecule has 2 atom stereocenters. The lowest BCUT2D eigenvalue weighted by Crippen LogP contribution is -2.40. The smallest absolute Gasteiger partial charge is 0.136 e. The van der Waals surface area contributed by atoms with Gasteiger partial charge in [0.2, 0.25) is 0 Å². The Labute approximate surface area is 94.4 Å². The van der Waals surface area contributed by atoms with Crippen molar-refractivity contribution in [1.82, 2.24) is 0 Å². The summed E-state index contributed by atoms with van der Waals surface area (Å²) in [5.74, 6) is 0. The van der Waals surface area contributed by atoms with Crippen LogP contribution in [0.1, 0.15) is 13.3 Å². The first-order chi connectivity index (χ1) is 6.98. The van der Waals surface area contributed by atoms with Crippen LogP contribution >= 0.6 is 12.0 Å². The summed E-state index contributed by atoms with van der Waals surface area (Å²) in [6.07, 6.45) is 1.76. The largest absolute Gasteiger partial charge is 0.564 e. The van der Waals surface area contributed by atoms with Crippen LogP contribution in [0.4, 0.5) is 0 Å². The SMILES string of the molecule is CSOCCCO[N+](C)([O-])OCC(C)O. The van der Waals surface area contributed by atoms with Crippen molar-refractivity contribution in [2.75, 3.05) is 33.1 Å². The molecular weight excluding hydrogens is 222 g/mol. The third-order valence-corrected chi connectivity index (χ3v) is 1.77. The van der Waals surface area contributed by atoms with Crippen LogP contribution in [0.15, 0.2) is 0 Å². The molecule has 0 aromatic heterocycles. The second-order valence-electron chi connectivity index (χ2n) is 3.09. The second-order valence-corrected chi connectivity index (χ2v) is 3.66. The number of aliphatic hydroxyl groups is 1. The highest BCUT2D eigenvalue weighted by Gasteiger charge is 2.14. The third-order valence-electron chi connectivity index (χ3n) is 1.37. The average molecular weight is 241 g/mol. The van der Waals surface area contributed by atoms with E-state index in [4.69, 9.17) is 19.0 Å². The van der Waals surface area contributed by atoms with Gasteiger partial charge >= 0.3 is 0 Å². The molecular formula is C8H19NO5S. The van der Waals surface area contributed by atoms with Crippen LogP contribution in [0.3, 0.4) is 0 Å². The first kappa shape index (κ1) is 15.1. The van der Waals surface area contributed by atoms with Gasteiger partial charge in [0.25, 0.3) is 0 Å². The van der Waals surface area contributed by atoms with Gasteiger partial charge in [0, 0.05) is 12.7 Å². The zero-order valence-corrected chi connectivity index (χ0v) is 10.2. The Balaban J connectivity index is 3.46. The third kappa shape index (κ3) is 10.4. The summed E-state index contributed by atoms with van der Waals surface area (Å²) in [4.78, 5) is 8.39. The Hall–Kier alpha value is 0.110. The van der Waals surface area contributed by atoms with Crippen LogP contribution in [-0.4, -0.2) is 49.3 Å². The van der Waals surface area contributed by atoms with Gasteiger partial charge in [-0.25, -0.2) is 0 Å². The minimum Gasteiger partial charge on any atom is -0.564 e. The second kappa shape index (κ2) is 8.28. The summed E-state index contributed by atoms with van der Waals surface area (Å²) in [5, 5.41) is 20.3. The summed E-state index contributed by atoms with van der Waals surface area (Å²) >= 11 is 1.27. The molecule has 0 fully saturated rings. The van der Waals surface area contributed by atoms with Crippen LogP contribution in [0.5, 0.6) is 0 Å². The Morgan fingerprint density at radius 1 is 1.40 bits per heavy atom. The molecule has 2 unspecified atom stereocenters. The standard InChI is InChI=1S/C8H19NO5S/c1-8(10)7-13-9(2,11)12-5-4-6-14-15-3/h8,10H,4-7H2,1-3H3. The fourth-order valence-corrected chi connectivity index (χ4v) is 0.997. The fourth-order valence-electron chi connectivity index (χ4n) is 0.712.